The average Bonchev–Trinajstić information content (AvgIpc) is 2.70. The lowest BCUT2D eigenvalue weighted by Crippen LogP contribution is -2.46. The first-order chi connectivity index (χ1) is 13.8. The van der Waals surface area contributed by atoms with Crippen molar-refractivity contribution in [2.75, 3.05) is 13.2 Å². The van der Waals surface area contributed by atoms with Crippen LogP contribution in [0.4, 0.5) is 0 Å². The number of ether oxygens (including phenoxy) is 1. The summed E-state index contributed by atoms with van der Waals surface area (Å²) in [5.41, 5.74) is 1.26. The Morgan fingerprint density at radius 3 is 2.37 bits per heavy atom. The largest absolute Gasteiger partial charge is 0.491 e. The maximum atomic E-state index is 10.9. The molecule has 0 radical (unpaired) electrons. The Morgan fingerprint density at radius 1 is 1.03 bits per heavy atom. The molecule has 0 bridgehead atoms. The smallest absolute Gasteiger partial charge is 0.335 e. The zero-order chi connectivity index (χ0) is 20.9. The third-order valence-corrected chi connectivity index (χ3v) is 4.82. The number of carboxylic acid groups (broad SMARTS) is 1. The third-order valence-electron chi connectivity index (χ3n) is 4.82. The van der Waals surface area contributed by atoms with Crippen LogP contribution in [0.3, 0.4) is 0 Å². The summed E-state index contributed by atoms with van der Waals surface area (Å²) in [7, 11) is 0. The van der Waals surface area contributed by atoms with Gasteiger partial charge in [-0.1, -0.05) is 42.5 Å². The fraction of sp³-hybridized carbons (Fsp3) is 0.292. The van der Waals surface area contributed by atoms with Gasteiger partial charge in [0.25, 0.3) is 0 Å². The van der Waals surface area contributed by atoms with Gasteiger partial charge < -0.3 is 20.3 Å². The van der Waals surface area contributed by atoms with E-state index in [1.165, 1.54) is 28.5 Å². The van der Waals surface area contributed by atoms with Crippen LogP contribution < -0.4 is 10.1 Å². The van der Waals surface area contributed by atoms with Crippen molar-refractivity contribution < 1.29 is 19.7 Å². The fourth-order valence-corrected chi connectivity index (χ4v) is 3.26. The second-order valence-corrected chi connectivity index (χ2v) is 7.92. The van der Waals surface area contributed by atoms with Crippen LogP contribution in [-0.2, 0) is 6.42 Å². The first kappa shape index (κ1) is 23.7. The SMILES string of the molecule is CC(C)(Cc1ccc2ccccc2c1)NC[C@@H](O)COc1ccc(C(=O)O)cc1.Cl. The van der Waals surface area contributed by atoms with Crippen molar-refractivity contribution in [3.63, 3.8) is 0 Å². The number of halogens is 1. The van der Waals surface area contributed by atoms with Gasteiger partial charge in [0.05, 0.1) is 5.56 Å². The van der Waals surface area contributed by atoms with E-state index in [-0.39, 0.29) is 30.1 Å². The van der Waals surface area contributed by atoms with Gasteiger partial charge in [0.15, 0.2) is 0 Å². The van der Waals surface area contributed by atoms with E-state index in [9.17, 15) is 9.90 Å². The maximum Gasteiger partial charge on any atom is 0.335 e. The molecule has 30 heavy (non-hydrogen) atoms. The number of fused-ring (bicyclic) bond motifs is 1. The molecule has 0 aliphatic rings. The van der Waals surface area contributed by atoms with Crippen LogP contribution >= 0.6 is 12.4 Å². The molecule has 0 heterocycles. The summed E-state index contributed by atoms with van der Waals surface area (Å²) >= 11 is 0. The molecule has 5 nitrogen and oxygen atoms in total. The normalized spacial score (nSPS) is 12.2. The van der Waals surface area contributed by atoms with Gasteiger partial charge in [0, 0.05) is 12.1 Å². The molecule has 1 atom stereocenters. The number of aliphatic hydroxyl groups is 1. The second kappa shape index (κ2) is 10.4. The second-order valence-electron chi connectivity index (χ2n) is 7.92. The van der Waals surface area contributed by atoms with Gasteiger partial charge in [-0.15, -0.1) is 12.4 Å². The van der Waals surface area contributed by atoms with Crippen LogP contribution in [0.25, 0.3) is 10.8 Å². The van der Waals surface area contributed by atoms with Gasteiger partial charge in [0.1, 0.15) is 18.5 Å². The van der Waals surface area contributed by atoms with Crippen molar-refractivity contribution in [2.24, 2.45) is 0 Å². The van der Waals surface area contributed by atoms with E-state index in [4.69, 9.17) is 9.84 Å². The van der Waals surface area contributed by atoms with Gasteiger partial charge in [0.2, 0.25) is 0 Å². The molecular formula is C24H28ClNO4. The van der Waals surface area contributed by atoms with Gasteiger partial charge in [-0.05, 0) is 60.9 Å². The number of aliphatic hydroxyl groups excluding tert-OH is 1. The highest BCUT2D eigenvalue weighted by atomic mass is 35.5. The number of hydrogen-bond donors (Lipinski definition) is 3. The third kappa shape index (κ3) is 6.73. The van der Waals surface area contributed by atoms with Crippen LogP contribution in [0.2, 0.25) is 0 Å². The molecule has 0 amide bonds. The molecule has 3 aromatic rings. The summed E-state index contributed by atoms with van der Waals surface area (Å²) in [6, 6.07) is 20.9. The lowest BCUT2D eigenvalue weighted by atomic mass is 9.93. The van der Waals surface area contributed by atoms with Crippen LogP contribution in [0.1, 0.15) is 29.8 Å². The van der Waals surface area contributed by atoms with E-state index >= 15 is 0 Å². The van der Waals surface area contributed by atoms with E-state index in [1.807, 2.05) is 12.1 Å². The number of benzene rings is 3. The molecule has 6 heteroatoms. The monoisotopic (exact) mass is 429 g/mol. The van der Waals surface area contributed by atoms with Crippen molar-refractivity contribution in [3.8, 4) is 5.75 Å². The summed E-state index contributed by atoms with van der Waals surface area (Å²) in [5.74, 6) is -0.445. The number of nitrogens with one attached hydrogen (secondary N) is 1. The molecule has 0 aliphatic heterocycles. The predicted molar refractivity (Wildman–Crippen MR) is 122 cm³/mol. The molecule has 3 aromatic carbocycles. The maximum absolute atomic E-state index is 10.9. The fourth-order valence-electron chi connectivity index (χ4n) is 3.26. The summed E-state index contributed by atoms with van der Waals surface area (Å²) in [4.78, 5) is 10.9. The summed E-state index contributed by atoms with van der Waals surface area (Å²) in [6.07, 6.45) is 0.159. The van der Waals surface area contributed by atoms with Gasteiger partial charge in [-0.2, -0.15) is 0 Å². The zero-order valence-electron chi connectivity index (χ0n) is 17.2. The van der Waals surface area contributed by atoms with E-state index in [0.29, 0.717) is 12.3 Å². The van der Waals surface area contributed by atoms with E-state index < -0.39 is 12.1 Å². The zero-order valence-corrected chi connectivity index (χ0v) is 18.0. The summed E-state index contributed by atoms with van der Waals surface area (Å²) < 4.78 is 5.55. The Balaban J connectivity index is 0.00000320. The minimum Gasteiger partial charge on any atom is -0.491 e. The minimum atomic E-state index is -0.977. The van der Waals surface area contributed by atoms with Crippen molar-refractivity contribution in [3.05, 3.63) is 77.9 Å². The number of carbonyl (C=O) groups is 1. The molecule has 0 saturated heterocycles. The molecular weight excluding hydrogens is 402 g/mol. The Morgan fingerprint density at radius 2 is 1.70 bits per heavy atom. The van der Waals surface area contributed by atoms with Crippen molar-refractivity contribution in [1.82, 2.24) is 5.32 Å². The Kier molecular flexibility index (Phi) is 8.24. The van der Waals surface area contributed by atoms with E-state index in [2.05, 4.69) is 49.5 Å². The van der Waals surface area contributed by atoms with E-state index in [0.717, 1.165) is 6.42 Å². The highest BCUT2D eigenvalue weighted by Gasteiger charge is 2.19. The lowest BCUT2D eigenvalue weighted by molar-refractivity contribution is 0.0696. The van der Waals surface area contributed by atoms with Gasteiger partial charge >= 0.3 is 5.97 Å². The molecule has 0 fully saturated rings. The summed E-state index contributed by atoms with van der Waals surface area (Å²) in [6.45, 7) is 4.75. The number of carboxylic acids is 1. The van der Waals surface area contributed by atoms with Crippen molar-refractivity contribution in [1.29, 1.82) is 0 Å². The Hall–Kier alpha value is -2.60. The van der Waals surface area contributed by atoms with Crippen LogP contribution in [0, 0.1) is 0 Å². The molecule has 0 aromatic heterocycles. The lowest BCUT2D eigenvalue weighted by Gasteiger charge is -2.28. The highest BCUT2D eigenvalue weighted by Crippen LogP contribution is 2.19. The molecule has 0 saturated carbocycles. The molecule has 160 valence electrons. The molecule has 3 rings (SSSR count). The summed E-state index contributed by atoms with van der Waals surface area (Å²) in [5, 5.41) is 25.0. The van der Waals surface area contributed by atoms with Crippen LogP contribution in [-0.4, -0.2) is 41.0 Å². The van der Waals surface area contributed by atoms with E-state index in [1.54, 1.807) is 12.1 Å². The first-order valence-corrected chi connectivity index (χ1v) is 9.69. The van der Waals surface area contributed by atoms with Crippen LogP contribution in [0.15, 0.2) is 66.7 Å². The average molecular weight is 430 g/mol. The van der Waals surface area contributed by atoms with Crippen molar-refractivity contribution >= 4 is 29.1 Å². The van der Waals surface area contributed by atoms with Crippen LogP contribution in [0.5, 0.6) is 5.75 Å². The molecule has 0 spiro atoms. The Bertz CT molecular complexity index is 972. The molecule has 0 unspecified atom stereocenters. The van der Waals surface area contributed by atoms with Gasteiger partial charge in [-0.3, -0.25) is 0 Å². The standard InChI is InChI=1S/C24H27NO4.ClH/c1-24(2,14-17-7-8-18-5-3-4-6-20(18)13-17)25-15-21(26)16-29-22-11-9-19(10-12-22)23(27)28;/h3-13,21,25-26H,14-16H2,1-2H3,(H,27,28);1H/t21-;/m1./s1. The Labute approximate surface area is 183 Å². The molecule has 0 aliphatic carbocycles. The number of hydrogen-bond acceptors (Lipinski definition) is 4. The topological polar surface area (TPSA) is 78.8 Å². The van der Waals surface area contributed by atoms with Gasteiger partial charge in [-0.25, -0.2) is 4.79 Å². The predicted octanol–water partition coefficient (Wildman–Crippen LogP) is 4.31. The minimum absolute atomic E-state index is 0. The molecule has 3 N–H and O–H groups in total. The number of β-amino-alcohol motifs (C(OH)–C–C–N with tert-alkyl or cyclic N) is 1. The highest BCUT2D eigenvalue weighted by molar-refractivity contribution is 5.87. The number of rotatable bonds is 9. The quantitative estimate of drug-likeness (QED) is 0.472. The van der Waals surface area contributed by atoms with Crippen molar-refractivity contribution in [2.45, 2.75) is 31.9 Å². The first-order valence-electron chi connectivity index (χ1n) is 9.69. The number of aromatic carboxylic acids is 1.